The molecule has 3 aromatic rings. The molecule has 3 rings (SSSR count). The highest BCUT2D eigenvalue weighted by molar-refractivity contribution is 14.1. The molecule has 1 aromatic heterocycles. The normalized spacial score (nSPS) is 10.9. The molecule has 20 heavy (non-hydrogen) atoms. The van der Waals surface area contributed by atoms with Crippen molar-refractivity contribution in [2.45, 2.75) is 0 Å². The molecule has 0 unspecified atom stereocenters. The standard InChI is InChI=1S/C15H10ClIN2O/c16-10-5-6-13(12(17)8-10)19-14(18)7-9-3-1-2-4-11(9)15(19)20/h1-8H,18H2. The van der Waals surface area contributed by atoms with Gasteiger partial charge in [-0.3, -0.25) is 9.36 Å². The molecule has 0 fully saturated rings. The van der Waals surface area contributed by atoms with Crippen molar-refractivity contribution in [3.05, 3.63) is 67.5 Å². The SMILES string of the molecule is Nc1cc2ccccc2c(=O)n1-c1ccc(Cl)cc1I. The van der Waals surface area contributed by atoms with Crippen LogP contribution < -0.4 is 11.3 Å². The third kappa shape index (κ3) is 2.19. The number of nitrogens with two attached hydrogens (primary N) is 1. The van der Waals surface area contributed by atoms with Crippen LogP contribution in [0.25, 0.3) is 16.5 Å². The van der Waals surface area contributed by atoms with Crippen LogP contribution in [0.2, 0.25) is 5.02 Å². The summed E-state index contributed by atoms with van der Waals surface area (Å²) in [6.45, 7) is 0. The number of aromatic nitrogens is 1. The van der Waals surface area contributed by atoms with Gasteiger partial charge in [0.15, 0.2) is 0 Å². The number of hydrogen-bond acceptors (Lipinski definition) is 2. The van der Waals surface area contributed by atoms with Crippen LogP contribution in [-0.2, 0) is 0 Å². The first-order valence-corrected chi connectivity index (χ1v) is 7.39. The Morgan fingerprint density at radius 1 is 1.10 bits per heavy atom. The molecule has 0 aliphatic heterocycles. The van der Waals surface area contributed by atoms with E-state index in [9.17, 15) is 4.79 Å². The van der Waals surface area contributed by atoms with Crippen LogP contribution in [0.4, 0.5) is 5.82 Å². The molecule has 0 saturated heterocycles. The molecule has 1 heterocycles. The topological polar surface area (TPSA) is 48.0 Å². The molecule has 0 saturated carbocycles. The third-order valence-electron chi connectivity index (χ3n) is 3.11. The zero-order valence-electron chi connectivity index (χ0n) is 10.3. The molecule has 2 N–H and O–H groups in total. The number of pyridine rings is 1. The maximum Gasteiger partial charge on any atom is 0.264 e. The summed E-state index contributed by atoms with van der Waals surface area (Å²) in [5.74, 6) is 0.411. The lowest BCUT2D eigenvalue weighted by molar-refractivity contribution is 1.02. The lowest BCUT2D eigenvalue weighted by atomic mass is 10.1. The molecule has 0 aliphatic carbocycles. The van der Waals surface area contributed by atoms with Gasteiger partial charge in [0.05, 0.1) is 5.69 Å². The van der Waals surface area contributed by atoms with Crippen molar-refractivity contribution >= 4 is 50.8 Å². The van der Waals surface area contributed by atoms with Crippen molar-refractivity contribution in [1.29, 1.82) is 0 Å². The highest BCUT2D eigenvalue weighted by Gasteiger charge is 2.11. The predicted molar refractivity (Wildman–Crippen MR) is 91.7 cm³/mol. The van der Waals surface area contributed by atoms with E-state index >= 15 is 0 Å². The Morgan fingerprint density at radius 3 is 2.60 bits per heavy atom. The van der Waals surface area contributed by atoms with E-state index in [2.05, 4.69) is 22.6 Å². The summed E-state index contributed by atoms with van der Waals surface area (Å²) in [5.41, 5.74) is 6.67. The van der Waals surface area contributed by atoms with Crippen LogP contribution in [0, 0.1) is 3.57 Å². The fourth-order valence-corrected chi connectivity index (χ4v) is 3.30. The van der Waals surface area contributed by atoms with Gasteiger partial charge in [-0.05, 0) is 58.3 Å². The molecule has 5 heteroatoms. The number of benzene rings is 2. The lowest BCUT2D eigenvalue weighted by Gasteiger charge is -2.13. The second-order valence-corrected chi connectivity index (χ2v) is 5.99. The monoisotopic (exact) mass is 396 g/mol. The average molecular weight is 397 g/mol. The highest BCUT2D eigenvalue weighted by Crippen LogP contribution is 2.24. The Labute approximate surface area is 134 Å². The van der Waals surface area contributed by atoms with Crippen LogP contribution in [0.15, 0.2) is 53.3 Å². The van der Waals surface area contributed by atoms with Crippen LogP contribution in [0.1, 0.15) is 0 Å². The van der Waals surface area contributed by atoms with Gasteiger partial charge < -0.3 is 5.73 Å². The minimum atomic E-state index is -0.124. The highest BCUT2D eigenvalue weighted by atomic mass is 127. The number of hydrogen-bond donors (Lipinski definition) is 1. The maximum absolute atomic E-state index is 12.6. The van der Waals surface area contributed by atoms with E-state index in [1.54, 1.807) is 30.3 Å². The van der Waals surface area contributed by atoms with E-state index in [0.29, 0.717) is 16.2 Å². The lowest BCUT2D eigenvalue weighted by Crippen LogP contribution is -2.22. The minimum Gasteiger partial charge on any atom is -0.385 e. The van der Waals surface area contributed by atoms with Gasteiger partial charge in [0.1, 0.15) is 5.82 Å². The Morgan fingerprint density at radius 2 is 1.85 bits per heavy atom. The zero-order chi connectivity index (χ0) is 14.3. The van der Waals surface area contributed by atoms with Gasteiger partial charge >= 0.3 is 0 Å². The number of nitrogen functional groups attached to an aromatic ring is 1. The fraction of sp³-hybridized carbons (Fsp3) is 0. The van der Waals surface area contributed by atoms with E-state index in [1.807, 2.05) is 18.2 Å². The summed E-state index contributed by atoms with van der Waals surface area (Å²) in [4.78, 5) is 12.6. The molecule has 3 nitrogen and oxygen atoms in total. The largest absolute Gasteiger partial charge is 0.385 e. The van der Waals surface area contributed by atoms with Crippen molar-refractivity contribution in [3.8, 4) is 5.69 Å². The Hall–Kier alpha value is -1.53. The number of fused-ring (bicyclic) bond motifs is 1. The first kappa shape index (κ1) is 13.5. The van der Waals surface area contributed by atoms with Gasteiger partial charge in [0, 0.05) is 14.0 Å². The molecule has 0 radical (unpaired) electrons. The average Bonchev–Trinajstić information content (AvgIpc) is 2.41. The molecule has 0 aliphatic rings. The van der Waals surface area contributed by atoms with Gasteiger partial charge in [-0.1, -0.05) is 29.8 Å². The summed E-state index contributed by atoms with van der Waals surface area (Å²) in [6.07, 6.45) is 0. The van der Waals surface area contributed by atoms with Crippen molar-refractivity contribution < 1.29 is 0 Å². The quantitative estimate of drug-likeness (QED) is 0.636. The van der Waals surface area contributed by atoms with Gasteiger partial charge in [0.25, 0.3) is 5.56 Å². The van der Waals surface area contributed by atoms with Crippen molar-refractivity contribution in [2.24, 2.45) is 0 Å². The molecule has 0 atom stereocenters. The summed E-state index contributed by atoms with van der Waals surface area (Å²) >= 11 is 8.10. The first-order chi connectivity index (χ1) is 9.58. The van der Waals surface area contributed by atoms with E-state index in [1.165, 1.54) is 4.57 Å². The van der Waals surface area contributed by atoms with E-state index in [0.717, 1.165) is 14.6 Å². The van der Waals surface area contributed by atoms with Crippen LogP contribution >= 0.6 is 34.2 Å². The zero-order valence-corrected chi connectivity index (χ0v) is 13.2. The molecule has 2 aromatic carbocycles. The molecular weight excluding hydrogens is 387 g/mol. The van der Waals surface area contributed by atoms with E-state index in [4.69, 9.17) is 17.3 Å². The van der Waals surface area contributed by atoms with E-state index in [-0.39, 0.29) is 5.56 Å². The number of anilines is 1. The van der Waals surface area contributed by atoms with Crippen molar-refractivity contribution in [3.63, 3.8) is 0 Å². The smallest absolute Gasteiger partial charge is 0.264 e. The van der Waals surface area contributed by atoms with Gasteiger partial charge in [-0.15, -0.1) is 0 Å². The molecular formula is C15H10ClIN2O. The van der Waals surface area contributed by atoms with Gasteiger partial charge in [0.2, 0.25) is 0 Å². The van der Waals surface area contributed by atoms with Crippen LogP contribution in [0.5, 0.6) is 0 Å². The van der Waals surface area contributed by atoms with Crippen LogP contribution in [0.3, 0.4) is 0 Å². The fourth-order valence-electron chi connectivity index (χ4n) is 2.19. The molecule has 100 valence electrons. The summed E-state index contributed by atoms with van der Waals surface area (Å²) in [7, 11) is 0. The Balaban J connectivity index is 2.39. The second kappa shape index (κ2) is 5.10. The Kier molecular flexibility index (Phi) is 3.43. The number of nitrogens with zero attached hydrogens (tertiary/aromatic N) is 1. The van der Waals surface area contributed by atoms with E-state index < -0.39 is 0 Å². The Bertz CT molecular complexity index is 873. The number of halogens is 2. The number of rotatable bonds is 1. The molecule has 0 amide bonds. The maximum atomic E-state index is 12.6. The molecule has 0 spiro atoms. The second-order valence-electron chi connectivity index (χ2n) is 4.39. The van der Waals surface area contributed by atoms with Gasteiger partial charge in [-0.2, -0.15) is 0 Å². The van der Waals surface area contributed by atoms with Crippen LogP contribution in [-0.4, -0.2) is 4.57 Å². The van der Waals surface area contributed by atoms with Crippen molar-refractivity contribution in [1.82, 2.24) is 4.57 Å². The first-order valence-electron chi connectivity index (χ1n) is 5.93. The summed E-state index contributed by atoms with van der Waals surface area (Å²) in [5, 5.41) is 2.12. The summed E-state index contributed by atoms with van der Waals surface area (Å²) < 4.78 is 2.39. The summed E-state index contributed by atoms with van der Waals surface area (Å²) in [6, 6.07) is 14.6. The molecule has 0 bridgehead atoms. The third-order valence-corrected chi connectivity index (χ3v) is 4.21. The minimum absolute atomic E-state index is 0.124. The van der Waals surface area contributed by atoms with Crippen molar-refractivity contribution in [2.75, 3.05) is 5.73 Å². The van der Waals surface area contributed by atoms with Gasteiger partial charge in [-0.25, -0.2) is 0 Å². The predicted octanol–water partition coefficient (Wildman–Crippen LogP) is 3.83.